The molecular weight excluding hydrogens is 160 g/mol. The maximum absolute atomic E-state index is 10.0. The number of aliphatic hydroxyl groups excluding tert-OH is 1. The molecule has 0 aromatic rings. The van der Waals surface area contributed by atoms with Crippen LogP contribution in [0, 0.1) is 0 Å². The van der Waals surface area contributed by atoms with E-state index in [1.54, 1.807) is 0 Å². The van der Waals surface area contributed by atoms with Crippen LogP contribution in [-0.4, -0.2) is 24.2 Å². The highest BCUT2D eigenvalue weighted by Crippen LogP contribution is 1.59. The molecule has 0 aromatic heterocycles. The van der Waals surface area contributed by atoms with Crippen molar-refractivity contribution in [1.29, 1.82) is 0 Å². The van der Waals surface area contributed by atoms with E-state index in [1.807, 2.05) is 0 Å². The number of carbonyl (C=O) groups excluding carboxylic acids is 2. The van der Waals surface area contributed by atoms with Gasteiger partial charge in [0.15, 0.2) is 0 Å². The summed E-state index contributed by atoms with van der Waals surface area (Å²) in [6, 6.07) is 0. The van der Waals surface area contributed by atoms with Crippen molar-refractivity contribution in [3.63, 3.8) is 0 Å². The molecule has 0 unspecified atom stereocenters. The fraction of sp³-hybridized carbons (Fsp3) is 0.143. The monoisotopic (exact) mass is 172 g/mol. The molecule has 0 rings (SSSR count). The van der Waals surface area contributed by atoms with Crippen LogP contribution >= 0.6 is 0 Å². The predicted molar refractivity (Wildman–Crippen MR) is 44.8 cm³/mol. The van der Waals surface area contributed by atoms with Crippen molar-refractivity contribution < 1.29 is 14.7 Å². The summed E-state index contributed by atoms with van der Waals surface area (Å²) in [4.78, 5) is 19.2. The summed E-state index contributed by atoms with van der Waals surface area (Å²) in [7, 11) is 0. The summed E-state index contributed by atoms with van der Waals surface area (Å²) in [5, 5.41) is 12.3. The molecule has 2 amide bonds. The van der Waals surface area contributed by atoms with E-state index in [1.165, 1.54) is 6.20 Å². The van der Waals surface area contributed by atoms with Gasteiger partial charge in [0.2, 0.25) is 12.3 Å². The molecule has 0 fully saturated rings. The molecule has 0 saturated carbocycles. The van der Waals surface area contributed by atoms with Gasteiger partial charge in [-0.15, -0.1) is 0 Å². The lowest BCUT2D eigenvalue weighted by molar-refractivity contribution is -0.117. The zero-order valence-electron chi connectivity index (χ0n) is 6.62. The average molecular weight is 172 g/mol. The number of hydrogen-bond donors (Lipinski definition) is 3. The van der Waals surface area contributed by atoms with E-state index in [-0.39, 0.29) is 12.6 Å². The summed E-state index contributed by atoms with van der Waals surface area (Å²) < 4.78 is 0. The molecule has 0 spiro atoms. The van der Waals surface area contributed by atoms with E-state index < -0.39 is 0 Å². The third-order valence-corrected chi connectivity index (χ3v) is 0.625. The molecule has 12 heavy (non-hydrogen) atoms. The number of rotatable bonds is 4. The summed E-state index contributed by atoms with van der Waals surface area (Å²) in [5.41, 5.74) is 0. The number of aliphatic hydroxyl groups is 1. The molecule has 0 aliphatic rings. The largest absolute Gasteiger partial charge is 0.376 e. The first-order valence-electron chi connectivity index (χ1n) is 3.04. The first-order chi connectivity index (χ1) is 5.72. The molecule has 0 saturated heterocycles. The Morgan fingerprint density at radius 3 is 2.17 bits per heavy atom. The van der Waals surface area contributed by atoms with Crippen molar-refractivity contribution in [3.8, 4) is 0 Å². The highest BCUT2D eigenvalue weighted by molar-refractivity contribution is 5.86. The zero-order chi connectivity index (χ0) is 9.82. The van der Waals surface area contributed by atoms with Crippen molar-refractivity contribution in [2.24, 2.45) is 0 Å². The van der Waals surface area contributed by atoms with E-state index >= 15 is 0 Å². The van der Waals surface area contributed by atoms with Gasteiger partial charge in [0, 0.05) is 0 Å². The van der Waals surface area contributed by atoms with Crippen LogP contribution in [0.5, 0.6) is 0 Å². The fourth-order valence-electron chi connectivity index (χ4n) is 0.198. The molecular formula is C7H12N2O3. The number of hydrogen-bond acceptors (Lipinski definition) is 3. The van der Waals surface area contributed by atoms with Crippen molar-refractivity contribution in [3.05, 3.63) is 25.4 Å². The van der Waals surface area contributed by atoms with Gasteiger partial charge in [-0.25, -0.2) is 0 Å². The average Bonchev–Trinajstić information content (AvgIpc) is 2.07. The maximum Gasteiger partial charge on any atom is 0.245 e. The van der Waals surface area contributed by atoms with Crippen molar-refractivity contribution in [2.45, 2.75) is 0 Å². The first-order valence-corrected chi connectivity index (χ1v) is 3.04. The quantitative estimate of drug-likeness (QED) is 0.292. The number of carbonyl (C=O) groups is 2. The Hall–Kier alpha value is -1.62. The van der Waals surface area contributed by atoms with Crippen LogP contribution in [0.25, 0.3) is 0 Å². The molecule has 0 aliphatic carbocycles. The van der Waals surface area contributed by atoms with E-state index in [4.69, 9.17) is 5.11 Å². The molecule has 0 heterocycles. The second-order valence-electron chi connectivity index (χ2n) is 1.39. The van der Waals surface area contributed by atoms with Gasteiger partial charge in [0.25, 0.3) is 0 Å². The summed E-state index contributed by atoms with van der Waals surface area (Å²) in [5.74, 6) is -0.359. The Kier molecular flexibility index (Phi) is 13.1. The molecule has 5 nitrogen and oxygen atoms in total. The third-order valence-electron chi connectivity index (χ3n) is 0.625. The van der Waals surface area contributed by atoms with E-state index in [0.29, 0.717) is 6.41 Å². The van der Waals surface area contributed by atoms with E-state index in [9.17, 15) is 9.59 Å². The molecule has 5 heteroatoms. The lowest BCUT2D eigenvalue weighted by Crippen LogP contribution is -2.20. The Balaban J connectivity index is 0. The summed E-state index contributed by atoms with van der Waals surface area (Å²) in [6.07, 6.45) is 2.97. The van der Waals surface area contributed by atoms with E-state index in [2.05, 4.69) is 23.8 Å². The lowest BCUT2D eigenvalue weighted by Gasteiger charge is -1.89. The minimum absolute atomic E-state index is 0.329. The van der Waals surface area contributed by atoms with Gasteiger partial charge in [-0.2, -0.15) is 0 Å². The van der Waals surface area contributed by atoms with Crippen LogP contribution in [0.1, 0.15) is 0 Å². The summed E-state index contributed by atoms with van der Waals surface area (Å²) >= 11 is 0. The Morgan fingerprint density at radius 1 is 1.50 bits per heavy atom. The number of nitrogens with one attached hydrogen (secondary N) is 2. The molecule has 3 N–H and O–H groups in total. The third kappa shape index (κ3) is 15.8. The predicted octanol–water partition coefficient (Wildman–Crippen LogP) is -0.886. The molecule has 0 atom stereocenters. The number of amides is 2. The Labute approximate surface area is 70.8 Å². The smallest absolute Gasteiger partial charge is 0.245 e. The van der Waals surface area contributed by atoms with Crippen molar-refractivity contribution >= 4 is 12.3 Å². The van der Waals surface area contributed by atoms with Gasteiger partial charge < -0.3 is 15.7 Å². The van der Waals surface area contributed by atoms with E-state index in [0.717, 1.165) is 6.08 Å². The van der Waals surface area contributed by atoms with Gasteiger partial charge >= 0.3 is 0 Å². The highest BCUT2D eigenvalue weighted by Gasteiger charge is 1.84. The van der Waals surface area contributed by atoms with Crippen LogP contribution in [-0.2, 0) is 9.59 Å². The lowest BCUT2D eigenvalue weighted by atomic mass is 10.6. The molecule has 0 radical (unpaired) electrons. The molecule has 0 aromatic carbocycles. The Morgan fingerprint density at radius 2 is 2.08 bits per heavy atom. The normalized spacial score (nSPS) is 6.75. The van der Waals surface area contributed by atoms with Crippen molar-refractivity contribution in [2.75, 3.05) is 6.73 Å². The standard InChI is InChI=1S/C4H7NO2.C3H5NO/c1-2-4(7)5-3-6;1-2-4-3-5/h2,6H,1,3H2,(H,5,7);2-3H,1H2,(H,4,5). The molecule has 68 valence electrons. The SMILES string of the molecule is C=CC(=O)NCO.C=CNC=O. The minimum Gasteiger partial charge on any atom is -0.376 e. The second-order valence-corrected chi connectivity index (χ2v) is 1.39. The van der Waals surface area contributed by atoms with Crippen LogP contribution in [0.3, 0.4) is 0 Å². The van der Waals surface area contributed by atoms with Gasteiger partial charge in [0.1, 0.15) is 6.73 Å². The fourth-order valence-corrected chi connectivity index (χ4v) is 0.198. The van der Waals surface area contributed by atoms with Crippen LogP contribution in [0.15, 0.2) is 25.4 Å². The van der Waals surface area contributed by atoms with Crippen LogP contribution in [0.4, 0.5) is 0 Å². The molecule has 0 aliphatic heterocycles. The maximum atomic E-state index is 10.0. The first kappa shape index (κ1) is 13.0. The van der Waals surface area contributed by atoms with Crippen molar-refractivity contribution in [1.82, 2.24) is 10.6 Å². The van der Waals surface area contributed by atoms with Crippen LogP contribution in [0.2, 0.25) is 0 Å². The van der Waals surface area contributed by atoms with Gasteiger partial charge in [0.05, 0.1) is 0 Å². The second kappa shape index (κ2) is 12.1. The van der Waals surface area contributed by atoms with Gasteiger partial charge in [-0.05, 0) is 12.3 Å². The minimum atomic E-state index is -0.359. The van der Waals surface area contributed by atoms with Gasteiger partial charge in [-0.3, -0.25) is 9.59 Å². The van der Waals surface area contributed by atoms with Gasteiger partial charge in [-0.1, -0.05) is 13.2 Å². The highest BCUT2D eigenvalue weighted by atomic mass is 16.3. The summed E-state index contributed by atoms with van der Waals surface area (Å²) in [6.45, 7) is 6.04. The zero-order valence-corrected chi connectivity index (χ0v) is 6.62. The van der Waals surface area contributed by atoms with Crippen LogP contribution < -0.4 is 10.6 Å². The topological polar surface area (TPSA) is 78.4 Å². The molecule has 0 bridgehead atoms. The Bertz CT molecular complexity index is 151.